The van der Waals surface area contributed by atoms with Crippen LogP contribution in [-0.2, 0) is 6.54 Å². The summed E-state index contributed by atoms with van der Waals surface area (Å²) in [6.45, 7) is 0.135. The fraction of sp³-hybridized carbons (Fsp3) is 0.0500. The minimum atomic E-state index is -0.819. The molecule has 0 aliphatic heterocycles. The van der Waals surface area contributed by atoms with Crippen molar-refractivity contribution in [3.8, 4) is 0 Å². The second-order valence-electron chi connectivity index (χ2n) is 5.73. The van der Waals surface area contributed by atoms with Gasteiger partial charge in [-0.3, -0.25) is 14.6 Å². The van der Waals surface area contributed by atoms with Crippen LogP contribution in [-0.4, -0.2) is 16.8 Å². The normalized spacial score (nSPS) is 10.3. The predicted octanol–water partition coefficient (Wildman–Crippen LogP) is 3.54. The van der Waals surface area contributed by atoms with Crippen LogP contribution in [0.5, 0.6) is 0 Å². The number of carbonyl (C=O) groups is 2. The summed E-state index contributed by atoms with van der Waals surface area (Å²) in [5.41, 5.74) is 1.64. The number of hydrogen-bond acceptors (Lipinski definition) is 3. The highest BCUT2D eigenvalue weighted by Crippen LogP contribution is 2.13. The van der Waals surface area contributed by atoms with Gasteiger partial charge < -0.3 is 10.6 Å². The highest BCUT2D eigenvalue weighted by Gasteiger charge is 2.10. The number of nitrogens with one attached hydrogen (secondary N) is 2. The van der Waals surface area contributed by atoms with Gasteiger partial charge in [-0.1, -0.05) is 12.1 Å². The van der Waals surface area contributed by atoms with Gasteiger partial charge in [-0.25, -0.2) is 8.78 Å². The summed E-state index contributed by atoms with van der Waals surface area (Å²) in [5.74, 6) is -2.52. The lowest BCUT2D eigenvalue weighted by atomic mass is 10.1. The van der Waals surface area contributed by atoms with Gasteiger partial charge in [-0.05, 0) is 42.0 Å². The zero-order valence-electron chi connectivity index (χ0n) is 14.1. The number of amides is 2. The number of carbonyl (C=O) groups excluding carboxylic acids is 2. The van der Waals surface area contributed by atoms with Crippen LogP contribution >= 0.6 is 0 Å². The number of benzene rings is 2. The van der Waals surface area contributed by atoms with Crippen LogP contribution in [0.2, 0.25) is 0 Å². The lowest BCUT2D eigenvalue weighted by Crippen LogP contribution is -2.23. The van der Waals surface area contributed by atoms with Crippen LogP contribution in [0.15, 0.2) is 67.0 Å². The smallest absolute Gasteiger partial charge is 0.255 e. The molecule has 3 aromatic rings. The van der Waals surface area contributed by atoms with Gasteiger partial charge in [-0.2, -0.15) is 0 Å². The molecule has 0 atom stereocenters. The van der Waals surface area contributed by atoms with Crippen molar-refractivity contribution in [3.05, 3.63) is 95.3 Å². The molecule has 7 heteroatoms. The van der Waals surface area contributed by atoms with E-state index in [0.717, 1.165) is 12.1 Å². The number of hydrogen-bond donors (Lipinski definition) is 2. The minimum absolute atomic E-state index is 0.102. The Bertz CT molecular complexity index is 958. The number of pyridine rings is 1. The van der Waals surface area contributed by atoms with Crippen molar-refractivity contribution >= 4 is 17.5 Å². The maximum Gasteiger partial charge on any atom is 0.255 e. The first-order valence-corrected chi connectivity index (χ1v) is 8.06. The summed E-state index contributed by atoms with van der Waals surface area (Å²) in [6, 6.07) is 12.7. The molecule has 0 aliphatic rings. The zero-order chi connectivity index (χ0) is 19.2. The molecule has 2 N–H and O–H groups in total. The van der Waals surface area contributed by atoms with Crippen LogP contribution in [0.4, 0.5) is 14.5 Å². The van der Waals surface area contributed by atoms with E-state index in [-0.39, 0.29) is 18.0 Å². The van der Waals surface area contributed by atoms with Gasteiger partial charge in [0, 0.05) is 41.8 Å². The molecule has 0 radical (unpaired) electrons. The molecule has 0 unspecified atom stereocenters. The first-order chi connectivity index (χ1) is 13.0. The van der Waals surface area contributed by atoms with E-state index in [0.29, 0.717) is 22.9 Å². The van der Waals surface area contributed by atoms with E-state index in [9.17, 15) is 18.4 Å². The molecule has 1 aromatic heterocycles. The van der Waals surface area contributed by atoms with Crippen LogP contribution in [0, 0.1) is 11.6 Å². The van der Waals surface area contributed by atoms with Gasteiger partial charge in [0.25, 0.3) is 11.8 Å². The first-order valence-electron chi connectivity index (χ1n) is 8.06. The average Bonchev–Trinajstić information content (AvgIpc) is 2.66. The van der Waals surface area contributed by atoms with Gasteiger partial charge in [0.05, 0.1) is 0 Å². The molecule has 0 spiro atoms. The van der Waals surface area contributed by atoms with Crippen LogP contribution in [0.25, 0.3) is 0 Å². The van der Waals surface area contributed by atoms with Crippen molar-refractivity contribution < 1.29 is 18.4 Å². The van der Waals surface area contributed by atoms with Crippen molar-refractivity contribution in [2.24, 2.45) is 0 Å². The molecule has 2 aromatic carbocycles. The molecule has 2 amide bonds. The Morgan fingerprint density at radius 1 is 0.852 bits per heavy atom. The molecular weight excluding hydrogens is 352 g/mol. The molecule has 0 fully saturated rings. The quantitative estimate of drug-likeness (QED) is 0.725. The van der Waals surface area contributed by atoms with E-state index in [4.69, 9.17) is 0 Å². The first kappa shape index (κ1) is 18.2. The number of halogens is 2. The van der Waals surface area contributed by atoms with Gasteiger partial charge in [0.2, 0.25) is 0 Å². The van der Waals surface area contributed by atoms with Crippen LogP contribution in [0.1, 0.15) is 26.3 Å². The van der Waals surface area contributed by atoms with E-state index in [1.165, 1.54) is 12.4 Å². The molecular formula is C20H15F2N3O2. The summed E-state index contributed by atoms with van der Waals surface area (Å²) >= 11 is 0. The van der Waals surface area contributed by atoms with Gasteiger partial charge >= 0.3 is 0 Å². The Labute approximate surface area is 154 Å². The molecule has 0 saturated heterocycles. The third kappa shape index (κ3) is 4.94. The SMILES string of the molecule is O=C(NCc1cccc(NC(=O)c2ccncc2)c1)c1cc(F)cc(F)c1. The standard InChI is InChI=1S/C20H15F2N3O2/c21-16-9-15(10-17(22)11-16)19(26)24-12-13-2-1-3-18(8-13)25-20(27)14-4-6-23-7-5-14/h1-11H,12H2,(H,24,26)(H,25,27). The third-order valence-electron chi connectivity index (χ3n) is 3.71. The van der Waals surface area contributed by atoms with E-state index in [2.05, 4.69) is 15.6 Å². The molecule has 0 bridgehead atoms. The molecule has 0 aliphatic carbocycles. The number of anilines is 1. The molecule has 0 saturated carbocycles. The Morgan fingerprint density at radius 2 is 1.56 bits per heavy atom. The molecule has 3 rings (SSSR count). The topological polar surface area (TPSA) is 71.1 Å². The van der Waals surface area contributed by atoms with E-state index < -0.39 is 17.5 Å². The van der Waals surface area contributed by atoms with Crippen molar-refractivity contribution in [2.75, 3.05) is 5.32 Å². The Hall–Kier alpha value is -3.61. The van der Waals surface area contributed by atoms with Gasteiger partial charge in [0.15, 0.2) is 0 Å². The highest BCUT2D eigenvalue weighted by atomic mass is 19.1. The number of aromatic nitrogens is 1. The predicted molar refractivity (Wildman–Crippen MR) is 96.2 cm³/mol. The second kappa shape index (κ2) is 8.18. The summed E-state index contributed by atoms with van der Waals surface area (Å²) in [7, 11) is 0. The van der Waals surface area contributed by atoms with E-state index in [1.54, 1.807) is 36.4 Å². The van der Waals surface area contributed by atoms with Crippen molar-refractivity contribution in [2.45, 2.75) is 6.54 Å². The third-order valence-corrected chi connectivity index (χ3v) is 3.71. The van der Waals surface area contributed by atoms with E-state index >= 15 is 0 Å². The maximum atomic E-state index is 13.2. The van der Waals surface area contributed by atoms with Crippen molar-refractivity contribution in [1.29, 1.82) is 0 Å². The number of nitrogens with zero attached hydrogens (tertiary/aromatic N) is 1. The largest absolute Gasteiger partial charge is 0.348 e. The van der Waals surface area contributed by atoms with Crippen LogP contribution in [0.3, 0.4) is 0 Å². The van der Waals surface area contributed by atoms with Crippen molar-refractivity contribution in [3.63, 3.8) is 0 Å². The Kier molecular flexibility index (Phi) is 5.51. The van der Waals surface area contributed by atoms with Crippen LogP contribution < -0.4 is 10.6 Å². The maximum absolute atomic E-state index is 13.2. The summed E-state index contributed by atoms with van der Waals surface area (Å²) in [4.78, 5) is 28.1. The average molecular weight is 367 g/mol. The second-order valence-corrected chi connectivity index (χ2v) is 5.73. The Morgan fingerprint density at radius 3 is 2.26 bits per heavy atom. The zero-order valence-corrected chi connectivity index (χ0v) is 14.1. The van der Waals surface area contributed by atoms with Gasteiger partial charge in [-0.15, -0.1) is 0 Å². The van der Waals surface area contributed by atoms with Gasteiger partial charge in [0.1, 0.15) is 11.6 Å². The lowest BCUT2D eigenvalue weighted by Gasteiger charge is -2.09. The highest BCUT2D eigenvalue weighted by molar-refractivity contribution is 6.04. The fourth-order valence-electron chi connectivity index (χ4n) is 2.43. The molecule has 136 valence electrons. The lowest BCUT2D eigenvalue weighted by molar-refractivity contribution is 0.0949. The summed E-state index contributed by atoms with van der Waals surface area (Å²) < 4.78 is 26.4. The monoisotopic (exact) mass is 367 g/mol. The molecule has 27 heavy (non-hydrogen) atoms. The minimum Gasteiger partial charge on any atom is -0.348 e. The fourth-order valence-corrected chi connectivity index (χ4v) is 2.43. The Balaban J connectivity index is 1.64. The molecule has 5 nitrogen and oxygen atoms in total. The summed E-state index contributed by atoms with van der Waals surface area (Å²) in [5, 5.41) is 5.34. The summed E-state index contributed by atoms with van der Waals surface area (Å²) in [6.07, 6.45) is 3.05. The van der Waals surface area contributed by atoms with E-state index in [1.807, 2.05) is 0 Å². The number of rotatable bonds is 5. The molecule has 1 heterocycles. The van der Waals surface area contributed by atoms with Crippen molar-refractivity contribution in [1.82, 2.24) is 10.3 Å².